The van der Waals surface area contributed by atoms with E-state index >= 15 is 0 Å². The van der Waals surface area contributed by atoms with Crippen molar-refractivity contribution in [1.29, 1.82) is 0 Å². The minimum absolute atomic E-state index is 0.00242. The second-order valence-corrected chi connectivity index (χ2v) is 9.10. The fraction of sp³-hybridized carbons (Fsp3) is 0.381. The second-order valence-electron chi connectivity index (χ2n) is 7.21. The van der Waals surface area contributed by atoms with Crippen LogP contribution < -0.4 is 5.32 Å². The number of amides is 1. The molecular formula is C21H25FN2O3S. The first-order chi connectivity index (χ1) is 13.4. The molecule has 3 rings (SSSR count). The number of hydrogen-bond acceptors (Lipinski definition) is 3. The average molecular weight is 405 g/mol. The smallest absolute Gasteiger partial charge is 0.243 e. The molecule has 5 nitrogen and oxygen atoms in total. The van der Waals surface area contributed by atoms with E-state index in [-0.39, 0.29) is 23.4 Å². The number of hydrogen-bond donors (Lipinski definition) is 1. The molecule has 150 valence electrons. The Morgan fingerprint density at radius 3 is 2.25 bits per heavy atom. The number of carbonyl (C=O) groups excluding carboxylic acids is 1. The standard InChI is InChI=1S/C21H25FN2O3S/c1-16-7-11-18(12-8-16)23-21(25)15-24(19-5-3-2-4-6-19)28(26,27)20-13-9-17(22)10-14-20/h7-14,19H,2-6,15H2,1H3,(H,23,25). The Morgan fingerprint density at radius 1 is 1.04 bits per heavy atom. The molecule has 1 saturated carbocycles. The third kappa shape index (κ3) is 4.97. The molecule has 0 spiro atoms. The van der Waals surface area contributed by atoms with E-state index in [0.717, 1.165) is 49.8 Å². The van der Waals surface area contributed by atoms with Crippen molar-refractivity contribution in [2.75, 3.05) is 11.9 Å². The van der Waals surface area contributed by atoms with Crippen LogP contribution in [0.3, 0.4) is 0 Å². The first-order valence-electron chi connectivity index (χ1n) is 9.50. The van der Waals surface area contributed by atoms with E-state index in [9.17, 15) is 17.6 Å². The molecule has 0 saturated heterocycles. The predicted molar refractivity (Wildman–Crippen MR) is 107 cm³/mol. The summed E-state index contributed by atoms with van der Waals surface area (Å²) in [4.78, 5) is 12.6. The molecule has 0 aliphatic heterocycles. The Kier molecular flexibility index (Phi) is 6.46. The summed E-state index contributed by atoms with van der Waals surface area (Å²) >= 11 is 0. The van der Waals surface area contributed by atoms with Gasteiger partial charge in [0.2, 0.25) is 15.9 Å². The quantitative estimate of drug-likeness (QED) is 0.788. The molecule has 2 aromatic rings. The third-order valence-corrected chi connectivity index (χ3v) is 6.95. The maximum absolute atomic E-state index is 13.2. The van der Waals surface area contributed by atoms with Crippen molar-refractivity contribution >= 4 is 21.6 Å². The zero-order valence-electron chi connectivity index (χ0n) is 15.9. The summed E-state index contributed by atoms with van der Waals surface area (Å²) in [6.45, 7) is 1.68. The van der Waals surface area contributed by atoms with Crippen LogP contribution in [0.5, 0.6) is 0 Å². The molecule has 1 aliphatic carbocycles. The van der Waals surface area contributed by atoms with Crippen LogP contribution in [0.4, 0.5) is 10.1 Å². The van der Waals surface area contributed by atoms with Crippen LogP contribution >= 0.6 is 0 Å². The predicted octanol–water partition coefficient (Wildman–Crippen LogP) is 4.10. The molecule has 1 N–H and O–H groups in total. The number of nitrogens with one attached hydrogen (secondary N) is 1. The molecule has 0 bridgehead atoms. The molecule has 1 amide bonds. The van der Waals surface area contributed by atoms with Crippen LogP contribution in [0.2, 0.25) is 0 Å². The first-order valence-corrected chi connectivity index (χ1v) is 10.9. The van der Waals surface area contributed by atoms with Crippen molar-refractivity contribution in [1.82, 2.24) is 4.31 Å². The molecule has 0 radical (unpaired) electrons. The first kappa shape index (κ1) is 20.5. The molecule has 0 unspecified atom stereocenters. The highest BCUT2D eigenvalue weighted by atomic mass is 32.2. The van der Waals surface area contributed by atoms with E-state index in [0.29, 0.717) is 5.69 Å². The molecule has 7 heteroatoms. The van der Waals surface area contributed by atoms with Crippen LogP contribution in [0.25, 0.3) is 0 Å². The third-order valence-electron chi connectivity index (χ3n) is 5.04. The summed E-state index contributed by atoms with van der Waals surface area (Å²) in [5.74, 6) is -0.889. The van der Waals surface area contributed by atoms with Gasteiger partial charge in [-0.3, -0.25) is 4.79 Å². The molecule has 2 aromatic carbocycles. The van der Waals surface area contributed by atoms with Crippen molar-refractivity contribution in [3.8, 4) is 0 Å². The SMILES string of the molecule is Cc1ccc(NC(=O)CN(C2CCCCC2)S(=O)(=O)c2ccc(F)cc2)cc1. The van der Waals surface area contributed by atoms with Gasteiger partial charge in [-0.05, 0) is 56.2 Å². The molecule has 1 aliphatic rings. The van der Waals surface area contributed by atoms with Gasteiger partial charge in [-0.25, -0.2) is 12.8 Å². The van der Waals surface area contributed by atoms with Gasteiger partial charge in [0, 0.05) is 11.7 Å². The second kappa shape index (κ2) is 8.84. The Labute approximate surface area is 165 Å². The van der Waals surface area contributed by atoms with Crippen molar-refractivity contribution in [3.05, 3.63) is 59.9 Å². The van der Waals surface area contributed by atoms with Crippen LogP contribution in [0.15, 0.2) is 53.4 Å². The molecular weight excluding hydrogens is 379 g/mol. The lowest BCUT2D eigenvalue weighted by molar-refractivity contribution is -0.116. The lowest BCUT2D eigenvalue weighted by Gasteiger charge is -2.33. The van der Waals surface area contributed by atoms with Gasteiger partial charge in [0.1, 0.15) is 5.82 Å². The van der Waals surface area contributed by atoms with E-state index in [1.165, 1.54) is 16.4 Å². The van der Waals surface area contributed by atoms with Gasteiger partial charge in [0.15, 0.2) is 0 Å². The van der Waals surface area contributed by atoms with Crippen molar-refractivity contribution in [2.24, 2.45) is 0 Å². The Hall–Kier alpha value is -2.25. The molecule has 0 heterocycles. The summed E-state index contributed by atoms with van der Waals surface area (Å²) < 4.78 is 40.9. The maximum atomic E-state index is 13.2. The van der Waals surface area contributed by atoms with Gasteiger partial charge < -0.3 is 5.32 Å². The number of nitrogens with zero attached hydrogens (tertiary/aromatic N) is 1. The number of carbonyl (C=O) groups is 1. The monoisotopic (exact) mass is 404 g/mol. The van der Waals surface area contributed by atoms with Crippen molar-refractivity contribution in [3.63, 3.8) is 0 Å². The van der Waals surface area contributed by atoms with Crippen LogP contribution in [-0.2, 0) is 14.8 Å². The van der Waals surface area contributed by atoms with Crippen LogP contribution in [-0.4, -0.2) is 31.2 Å². The minimum atomic E-state index is -3.91. The van der Waals surface area contributed by atoms with E-state index in [4.69, 9.17) is 0 Å². The van der Waals surface area contributed by atoms with Gasteiger partial charge in [-0.1, -0.05) is 37.0 Å². The van der Waals surface area contributed by atoms with Gasteiger partial charge in [0.05, 0.1) is 11.4 Å². The zero-order chi connectivity index (χ0) is 20.1. The van der Waals surface area contributed by atoms with Crippen molar-refractivity contribution < 1.29 is 17.6 Å². The number of halogens is 1. The summed E-state index contributed by atoms with van der Waals surface area (Å²) in [7, 11) is -3.91. The highest BCUT2D eigenvalue weighted by Gasteiger charge is 2.34. The summed E-state index contributed by atoms with van der Waals surface area (Å²) in [6, 6.07) is 11.8. The molecule has 0 atom stereocenters. The number of rotatable bonds is 6. The minimum Gasteiger partial charge on any atom is -0.325 e. The fourth-order valence-electron chi connectivity index (χ4n) is 3.50. The largest absolute Gasteiger partial charge is 0.325 e. The lowest BCUT2D eigenvalue weighted by Crippen LogP contribution is -2.45. The number of anilines is 1. The topological polar surface area (TPSA) is 66.5 Å². The average Bonchev–Trinajstić information content (AvgIpc) is 2.69. The zero-order valence-corrected chi connectivity index (χ0v) is 16.7. The molecule has 0 aromatic heterocycles. The Balaban J connectivity index is 1.83. The van der Waals surface area contributed by atoms with E-state index in [1.807, 2.05) is 19.1 Å². The summed E-state index contributed by atoms with van der Waals surface area (Å²) in [5.41, 5.74) is 1.69. The maximum Gasteiger partial charge on any atom is 0.243 e. The Morgan fingerprint density at radius 2 is 1.64 bits per heavy atom. The van der Waals surface area contributed by atoms with E-state index in [1.54, 1.807) is 12.1 Å². The van der Waals surface area contributed by atoms with Gasteiger partial charge in [0.25, 0.3) is 0 Å². The molecule has 28 heavy (non-hydrogen) atoms. The highest BCUT2D eigenvalue weighted by molar-refractivity contribution is 7.89. The van der Waals surface area contributed by atoms with Gasteiger partial charge >= 0.3 is 0 Å². The summed E-state index contributed by atoms with van der Waals surface area (Å²) in [6.07, 6.45) is 4.37. The van der Waals surface area contributed by atoms with Crippen LogP contribution in [0, 0.1) is 12.7 Å². The lowest BCUT2D eigenvalue weighted by atomic mass is 9.95. The summed E-state index contributed by atoms with van der Waals surface area (Å²) in [5, 5.41) is 2.77. The van der Waals surface area contributed by atoms with Crippen LogP contribution in [0.1, 0.15) is 37.7 Å². The number of sulfonamides is 1. The fourth-order valence-corrected chi connectivity index (χ4v) is 5.14. The number of aryl methyl sites for hydroxylation is 1. The van der Waals surface area contributed by atoms with Gasteiger partial charge in [-0.15, -0.1) is 0 Å². The van der Waals surface area contributed by atoms with E-state index < -0.39 is 15.8 Å². The Bertz CT molecular complexity index is 906. The normalized spacial score (nSPS) is 15.5. The van der Waals surface area contributed by atoms with E-state index in [2.05, 4.69) is 5.32 Å². The van der Waals surface area contributed by atoms with Gasteiger partial charge in [-0.2, -0.15) is 4.31 Å². The highest BCUT2D eigenvalue weighted by Crippen LogP contribution is 2.28. The van der Waals surface area contributed by atoms with Crippen molar-refractivity contribution in [2.45, 2.75) is 50.0 Å². The number of benzene rings is 2. The molecule has 1 fully saturated rings.